The van der Waals surface area contributed by atoms with Crippen molar-refractivity contribution in [3.05, 3.63) is 52.6 Å². The summed E-state index contributed by atoms with van der Waals surface area (Å²) >= 11 is 0. The molecule has 0 spiro atoms. The molecular weight excluding hydrogens is 412 g/mol. The Morgan fingerprint density at radius 2 is 1.29 bits per heavy atom. The van der Waals surface area contributed by atoms with Crippen LogP contribution in [0.25, 0.3) is 11.1 Å². The molecule has 1 aliphatic rings. The van der Waals surface area contributed by atoms with Gasteiger partial charge in [-0.05, 0) is 109 Å². The Labute approximate surface area is 210 Å². The van der Waals surface area contributed by atoms with E-state index < -0.39 is 0 Å². The van der Waals surface area contributed by atoms with Gasteiger partial charge in [0.2, 0.25) is 0 Å². The van der Waals surface area contributed by atoms with E-state index in [9.17, 15) is 0 Å². The van der Waals surface area contributed by atoms with Gasteiger partial charge in [-0.2, -0.15) is 0 Å². The van der Waals surface area contributed by atoms with Crippen LogP contribution in [-0.2, 0) is 19.3 Å². The van der Waals surface area contributed by atoms with E-state index in [1.165, 1.54) is 72.8 Å². The number of ether oxygens (including phenoxy) is 1. The SMILES string of the molecule is CCc1cc(-c2ccc(C3CCC(C)CC3)cc2CC)c(CC)cc1OCC(CC)(CC)CC. The molecular formula is C33H50O. The quantitative estimate of drug-likeness (QED) is 0.323. The predicted octanol–water partition coefficient (Wildman–Crippen LogP) is 9.93. The highest BCUT2D eigenvalue weighted by atomic mass is 16.5. The Bertz CT molecular complexity index is 904. The van der Waals surface area contributed by atoms with Gasteiger partial charge in [0.25, 0.3) is 0 Å². The van der Waals surface area contributed by atoms with Crippen LogP contribution in [-0.4, -0.2) is 6.61 Å². The molecule has 1 nitrogen and oxygen atoms in total. The second-order valence-corrected chi connectivity index (χ2v) is 10.9. The fraction of sp³-hybridized carbons (Fsp3) is 0.636. The van der Waals surface area contributed by atoms with Gasteiger partial charge in [-0.25, -0.2) is 0 Å². The molecule has 0 heterocycles. The van der Waals surface area contributed by atoms with Crippen LogP contribution >= 0.6 is 0 Å². The van der Waals surface area contributed by atoms with Gasteiger partial charge in [-0.15, -0.1) is 0 Å². The molecule has 1 fully saturated rings. The van der Waals surface area contributed by atoms with Crippen molar-refractivity contribution in [1.29, 1.82) is 0 Å². The van der Waals surface area contributed by atoms with E-state index in [-0.39, 0.29) is 5.41 Å². The summed E-state index contributed by atoms with van der Waals surface area (Å²) in [6.45, 7) is 17.0. The predicted molar refractivity (Wildman–Crippen MR) is 149 cm³/mol. The standard InChI is InChI=1S/C33H50O/c1-8-25-20-29(28-16-14-24(7)15-17-28)18-19-30(25)31-21-27(10-3)32(22-26(31)9-2)34-23-33(11-4,12-5)13-6/h18-22,24,28H,8-17,23H2,1-7H3. The van der Waals surface area contributed by atoms with Crippen LogP contribution in [0, 0.1) is 11.3 Å². The third-order valence-corrected chi connectivity index (χ3v) is 9.12. The molecule has 1 saturated carbocycles. The first kappa shape index (κ1) is 26.8. The highest BCUT2D eigenvalue weighted by Gasteiger charge is 2.26. The zero-order valence-electron chi connectivity index (χ0n) is 23.2. The highest BCUT2D eigenvalue weighted by Crippen LogP contribution is 2.40. The number of hydrogen-bond donors (Lipinski definition) is 0. The van der Waals surface area contributed by atoms with Gasteiger partial charge >= 0.3 is 0 Å². The molecule has 1 aliphatic carbocycles. The minimum absolute atomic E-state index is 0.290. The van der Waals surface area contributed by atoms with Gasteiger partial charge in [0.05, 0.1) is 6.61 Å². The normalized spacial score (nSPS) is 18.8. The van der Waals surface area contributed by atoms with E-state index >= 15 is 0 Å². The molecule has 0 aromatic heterocycles. The van der Waals surface area contributed by atoms with Crippen molar-refractivity contribution in [3.63, 3.8) is 0 Å². The molecule has 2 aromatic rings. The van der Waals surface area contributed by atoms with Crippen LogP contribution < -0.4 is 4.74 Å². The molecule has 0 N–H and O–H groups in total. The molecule has 0 saturated heterocycles. The first-order chi connectivity index (χ1) is 16.4. The lowest BCUT2D eigenvalue weighted by atomic mass is 9.78. The maximum atomic E-state index is 6.56. The van der Waals surface area contributed by atoms with Crippen LogP contribution in [0.3, 0.4) is 0 Å². The average molecular weight is 463 g/mol. The van der Waals surface area contributed by atoms with Crippen LogP contribution in [0.2, 0.25) is 0 Å². The maximum absolute atomic E-state index is 6.56. The third kappa shape index (κ3) is 5.89. The summed E-state index contributed by atoms with van der Waals surface area (Å²) in [4.78, 5) is 0. The smallest absolute Gasteiger partial charge is 0.122 e. The summed E-state index contributed by atoms with van der Waals surface area (Å²) in [7, 11) is 0. The Morgan fingerprint density at radius 3 is 1.85 bits per heavy atom. The molecule has 34 heavy (non-hydrogen) atoms. The maximum Gasteiger partial charge on any atom is 0.122 e. The molecule has 2 aromatic carbocycles. The topological polar surface area (TPSA) is 9.23 Å². The second-order valence-electron chi connectivity index (χ2n) is 10.9. The van der Waals surface area contributed by atoms with E-state index in [0.29, 0.717) is 0 Å². The van der Waals surface area contributed by atoms with Crippen molar-refractivity contribution < 1.29 is 4.74 Å². The van der Waals surface area contributed by atoms with E-state index in [0.717, 1.165) is 43.5 Å². The monoisotopic (exact) mass is 462 g/mol. The Morgan fingerprint density at radius 1 is 0.706 bits per heavy atom. The summed E-state index contributed by atoms with van der Waals surface area (Å²) in [5.74, 6) is 2.76. The second kappa shape index (κ2) is 12.3. The zero-order valence-corrected chi connectivity index (χ0v) is 23.2. The largest absolute Gasteiger partial charge is 0.493 e. The third-order valence-electron chi connectivity index (χ3n) is 9.12. The Hall–Kier alpha value is -1.76. The average Bonchev–Trinajstić information content (AvgIpc) is 2.89. The first-order valence-corrected chi connectivity index (χ1v) is 14.4. The van der Waals surface area contributed by atoms with Crippen LogP contribution in [0.4, 0.5) is 0 Å². The highest BCUT2D eigenvalue weighted by molar-refractivity contribution is 5.73. The summed E-state index contributed by atoms with van der Waals surface area (Å²) in [6, 6.07) is 12.2. The lowest BCUT2D eigenvalue weighted by Crippen LogP contribution is -2.26. The van der Waals surface area contributed by atoms with Crippen molar-refractivity contribution in [2.24, 2.45) is 11.3 Å². The summed E-state index contributed by atoms with van der Waals surface area (Å²) in [5.41, 5.74) is 8.96. The molecule has 0 amide bonds. The first-order valence-electron chi connectivity index (χ1n) is 14.4. The minimum atomic E-state index is 0.290. The Kier molecular flexibility index (Phi) is 9.69. The summed E-state index contributed by atoms with van der Waals surface area (Å²) in [6.07, 6.45) is 12.1. The Balaban J connectivity index is 1.94. The van der Waals surface area contributed by atoms with Crippen molar-refractivity contribution in [3.8, 4) is 16.9 Å². The van der Waals surface area contributed by atoms with Crippen molar-refractivity contribution in [2.75, 3.05) is 6.61 Å². The number of hydrogen-bond acceptors (Lipinski definition) is 1. The van der Waals surface area contributed by atoms with Gasteiger partial charge < -0.3 is 4.74 Å². The van der Waals surface area contributed by atoms with Crippen LogP contribution in [0.1, 0.15) is 122 Å². The van der Waals surface area contributed by atoms with Crippen LogP contribution in [0.15, 0.2) is 30.3 Å². The number of rotatable bonds is 11. The molecule has 0 radical (unpaired) electrons. The molecule has 0 atom stereocenters. The fourth-order valence-electron chi connectivity index (χ4n) is 5.92. The van der Waals surface area contributed by atoms with E-state index in [1.54, 1.807) is 5.56 Å². The lowest BCUT2D eigenvalue weighted by molar-refractivity contribution is 0.127. The van der Waals surface area contributed by atoms with Crippen LogP contribution in [0.5, 0.6) is 5.75 Å². The van der Waals surface area contributed by atoms with E-state index in [1.807, 2.05) is 0 Å². The molecule has 3 rings (SSSR count). The fourth-order valence-corrected chi connectivity index (χ4v) is 5.92. The van der Waals surface area contributed by atoms with Gasteiger partial charge in [-0.3, -0.25) is 0 Å². The minimum Gasteiger partial charge on any atom is -0.493 e. The molecule has 1 heteroatoms. The van der Waals surface area contributed by atoms with Gasteiger partial charge in [0.15, 0.2) is 0 Å². The molecule has 188 valence electrons. The van der Waals surface area contributed by atoms with Gasteiger partial charge in [0, 0.05) is 5.41 Å². The molecule has 0 aliphatic heterocycles. The van der Waals surface area contributed by atoms with E-state index in [2.05, 4.69) is 78.8 Å². The summed E-state index contributed by atoms with van der Waals surface area (Å²) in [5, 5.41) is 0. The molecule has 0 bridgehead atoms. The van der Waals surface area contributed by atoms with Crippen molar-refractivity contribution in [2.45, 2.75) is 119 Å². The van der Waals surface area contributed by atoms with E-state index in [4.69, 9.17) is 4.74 Å². The van der Waals surface area contributed by atoms with Gasteiger partial charge in [-0.1, -0.05) is 79.5 Å². The number of aryl methyl sites for hydroxylation is 3. The van der Waals surface area contributed by atoms with Crippen molar-refractivity contribution in [1.82, 2.24) is 0 Å². The lowest BCUT2D eigenvalue weighted by Gasteiger charge is -2.31. The zero-order chi connectivity index (χ0) is 24.7. The summed E-state index contributed by atoms with van der Waals surface area (Å²) < 4.78 is 6.56. The molecule has 0 unspecified atom stereocenters. The van der Waals surface area contributed by atoms with Crippen molar-refractivity contribution >= 4 is 0 Å². The number of benzene rings is 2. The van der Waals surface area contributed by atoms with Gasteiger partial charge in [0.1, 0.15) is 5.75 Å².